The van der Waals surface area contributed by atoms with E-state index in [0.29, 0.717) is 12.3 Å². The van der Waals surface area contributed by atoms with Gasteiger partial charge in [-0.25, -0.2) is 4.98 Å². The number of hydrogen-bond acceptors (Lipinski definition) is 5. The van der Waals surface area contributed by atoms with Gasteiger partial charge in [-0.2, -0.15) is 0 Å². The summed E-state index contributed by atoms with van der Waals surface area (Å²) in [7, 11) is 0. The lowest BCUT2D eigenvalue weighted by molar-refractivity contribution is 0.0923. The number of aromatic nitrogens is 1. The van der Waals surface area contributed by atoms with E-state index in [-0.39, 0.29) is 5.91 Å². The zero-order valence-corrected chi connectivity index (χ0v) is 12.6. The van der Waals surface area contributed by atoms with Crippen molar-refractivity contribution in [2.45, 2.75) is 26.9 Å². The Labute approximate surface area is 122 Å². The van der Waals surface area contributed by atoms with E-state index in [1.165, 1.54) is 6.26 Å². The van der Waals surface area contributed by atoms with Gasteiger partial charge in [0.2, 0.25) is 0 Å². The summed E-state index contributed by atoms with van der Waals surface area (Å²) in [6, 6.07) is 3.34. The average molecular weight is 293 g/mol. The van der Waals surface area contributed by atoms with Crippen molar-refractivity contribution in [2.24, 2.45) is 0 Å². The Morgan fingerprint density at radius 1 is 1.45 bits per heavy atom. The zero-order chi connectivity index (χ0) is 14.4. The molecule has 2 rings (SSSR count). The summed E-state index contributed by atoms with van der Waals surface area (Å²) in [4.78, 5) is 18.6. The van der Waals surface area contributed by atoms with Gasteiger partial charge in [-0.05, 0) is 25.2 Å². The van der Waals surface area contributed by atoms with Crippen LogP contribution in [0, 0.1) is 0 Å². The van der Waals surface area contributed by atoms with Crippen LogP contribution in [0.4, 0.5) is 0 Å². The van der Waals surface area contributed by atoms with Crippen LogP contribution in [0.5, 0.6) is 0 Å². The Bertz CT molecular complexity index is 532. The summed E-state index contributed by atoms with van der Waals surface area (Å²) in [5, 5.41) is 5.76. The van der Waals surface area contributed by atoms with Gasteiger partial charge >= 0.3 is 0 Å². The van der Waals surface area contributed by atoms with Crippen LogP contribution in [0.25, 0.3) is 0 Å². The molecule has 1 amide bonds. The van der Waals surface area contributed by atoms with Crippen molar-refractivity contribution < 1.29 is 9.21 Å². The fraction of sp³-hybridized carbons (Fsp3) is 0.429. The summed E-state index contributed by atoms with van der Waals surface area (Å²) in [6.45, 7) is 7.59. The number of nitrogens with zero attached hydrogens (tertiary/aromatic N) is 2. The Hall–Kier alpha value is -1.66. The summed E-state index contributed by atoms with van der Waals surface area (Å²) < 4.78 is 5.03. The van der Waals surface area contributed by atoms with Gasteiger partial charge < -0.3 is 9.73 Å². The minimum absolute atomic E-state index is 0.213. The average Bonchev–Trinajstić information content (AvgIpc) is 3.13. The molecule has 0 unspecified atom stereocenters. The second-order valence-electron chi connectivity index (χ2n) is 4.35. The molecule has 0 saturated carbocycles. The van der Waals surface area contributed by atoms with Crippen LogP contribution in [0.1, 0.15) is 35.1 Å². The number of rotatable bonds is 7. The van der Waals surface area contributed by atoms with Crippen LogP contribution in [0.3, 0.4) is 0 Å². The van der Waals surface area contributed by atoms with Gasteiger partial charge in [-0.15, -0.1) is 11.3 Å². The van der Waals surface area contributed by atoms with Gasteiger partial charge in [-0.3, -0.25) is 9.69 Å². The van der Waals surface area contributed by atoms with Crippen LogP contribution in [0.15, 0.2) is 28.2 Å². The molecule has 0 spiro atoms. The van der Waals surface area contributed by atoms with E-state index < -0.39 is 0 Å². The van der Waals surface area contributed by atoms with Gasteiger partial charge in [0.15, 0.2) is 5.76 Å². The van der Waals surface area contributed by atoms with Gasteiger partial charge in [0, 0.05) is 11.9 Å². The number of carbonyl (C=O) groups is 1. The van der Waals surface area contributed by atoms with Crippen LogP contribution >= 0.6 is 11.3 Å². The Kier molecular flexibility index (Phi) is 5.31. The molecule has 2 aromatic rings. The van der Waals surface area contributed by atoms with Crippen molar-refractivity contribution in [3.05, 3.63) is 40.2 Å². The molecular formula is C14H19N3O2S. The van der Waals surface area contributed by atoms with E-state index in [4.69, 9.17) is 4.42 Å². The van der Waals surface area contributed by atoms with Gasteiger partial charge in [0.05, 0.1) is 18.5 Å². The highest BCUT2D eigenvalue weighted by molar-refractivity contribution is 7.09. The predicted octanol–water partition coefficient (Wildman–Crippen LogP) is 2.51. The molecule has 0 aromatic carbocycles. The van der Waals surface area contributed by atoms with Crippen LogP contribution in [-0.2, 0) is 13.1 Å². The number of amides is 1. The summed E-state index contributed by atoms with van der Waals surface area (Å²) in [5.41, 5.74) is 1.06. The summed E-state index contributed by atoms with van der Waals surface area (Å²) in [6.07, 6.45) is 1.49. The standard InChI is InChI=1S/C14H19N3O2S/c1-3-17(4-2)9-11-10-20-13(16-11)8-15-14(18)12-6-5-7-19-12/h5-7,10H,3-4,8-9H2,1-2H3,(H,15,18). The number of hydrogen-bond donors (Lipinski definition) is 1. The topological polar surface area (TPSA) is 58.4 Å². The monoisotopic (exact) mass is 293 g/mol. The van der Waals surface area contributed by atoms with E-state index >= 15 is 0 Å². The largest absolute Gasteiger partial charge is 0.459 e. The first-order chi connectivity index (χ1) is 9.72. The third kappa shape index (κ3) is 3.91. The van der Waals surface area contributed by atoms with Crippen molar-refractivity contribution in [2.75, 3.05) is 13.1 Å². The third-order valence-corrected chi connectivity index (χ3v) is 3.92. The highest BCUT2D eigenvalue weighted by Gasteiger charge is 2.10. The Morgan fingerprint density at radius 3 is 2.90 bits per heavy atom. The minimum atomic E-state index is -0.213. The van der Waals surface area contributed by atoms with Gasteiger partial charge in [0.1, 0.15) is 5.01 Å². The normalized spacial score (nSPS) is 10.9. The molecule has 0 aliphatic carbocycles. The number of carbonyl (C=O) groups excluding carboxylic acids is 1. The minimum Gasteiger partial charge on any atom is -0.459 e. The van der Waals surface area contributed by atoms with Crippen molar-refractivity contribution in [3.63, 3.8) is 0 Å². The quantitative estimate of drug-likeness (QED) is 0.852. The first kappa shape index (κ1) is 14.7. The molecule has 108 valence electrons. The zero-order valence-electron chi connectivity index (χ0n) is 11.8. The lowest BCUT2D eigenvalue weighted by Crippen LogP contribution is -2.23. The second kappa shape index (κ2) is 7.21. The second-order valence-corrected chi connectivity index (χ2v) is 5.30. The number of nitrogens with one attached hydrogen (secondary N) is 1. The van der Waals surface area contributed by atoms with Crippen LogP contribution < -0.4 is 5.32 Å². The van der Waals surface area contributed by atoms with E-state index in [2.05, 4.69) is 29.0 Å². The molecular weight excluding hydrogens is 274 g/mol. The first-order valence-corrected chi connectivity index (χ1v) is 7.58. The smallest absolute Gasteiger partial charge is 0.287 e. The molecule has 0 aliphatic rings. The molecule has 20 heavy (non-hydrogen) atoms. The molecule has 1 N–H and O–H groups in total. The van der Waals surface area contributed by atoms with E-state index in [9.17, 15) is 4.79 Å². The lowest BCUT2D eigenvalue weighted by Gasteiger charge is -2.15. The van der Waals surface area contributed by atoms with Crippen molar-refractivity contribution in [1.29, 1.82) is 0 Å². The molecule has 0 radical (unpaired) electrons. The van der Waals surface area contributed by atoms with E-state index in [1.54, 1.807) is 23.5 Å². The summed E-state index contributed by atoms with van der Waals surface area (Å²) >= 11 is 1.57. The van der Waals surface area contributed by atoms with Crippen LogP contribution in [-0.4, -0.2) is 28.9 Å². The molecule has 0 aliphatic heterocycles. The van der Waals surface area contributed by atoms with E-state index in [0.717, 1.165) is 30.3 Å². The maximum absolute atomic E-state index is 11.7. The maximum atomic E-state index is 11.7. The summed E-state index contributed by atoms with van der Waals surface area (Å²) in [5.74, 6) is 0.111. The van der Waals surface area contributed by atoms with Crippen LogP contribution in [0.2, 0.25) is 0 Å². The Morgan fingerprint density at radius 2 is 2.25 bits per heavy atom. The molecule has 5 nitrogen and oxygen atoms in total. The Balaban J connectivity index is 1.85. The number of thiazole rings is 1. The van der Waals surface area contributed by atoms with Gasteiger partial charge in [0.25, 0.3) is 5.91 Å². The predicted molar refractivity (Wildman–Crippen MR) is 78.6 cm³/mol. The molecule has 2 aromatic heterocycles. The van der Waals surface area contributed by atoms with Gasteiger partial charge in [-0.1, -0.05) is 13.8 Å². The third-order valence-electron chi connectivity index (χ3n) is 3.02. The highest BCUT2D eigenvalue weighted by Crippen LogP contribution is 2.12. The molecule has 6 heteroatoms. The van der Waals surface area contributed by atoms with Crippen molar-refractivity contribution in [1.82, 2.24) is 15.2 Å². The van der Waals surface area contributed by atoms with Crippen molar-refractivity contribution in [3.8, 4) is 0 Å². The maximum Gasteiger partial charge on any atom is 0.287 e. The van der Waals surface area contributed by atoms with Crippen molar-refractivity contribution >= 4 is 17.2 Å². The van der Waals surface area contributed by atoms with E-state index in [1.807, 2.05) is 5.38 Å². The highest BCUT2D eigenvalue weighted by atomic mass is 32.1. The molecule has 0 bridgehead atoms. The SMILES string of the molecule is CCN(CC)Cc1csc(CNC(=O)c2ccco2)n1. The molecule has 0 saturated heterocycles. The lowest BCUT2D eigenvalue weighted by atomic mass is 10.4. The fourth-order valence-corrected chi connectivity index (χ4v) is 2.55. The molecule has 2 heterocycles. The first-order valence-electron chi connectivity index (χ1n) is 6.70. The molecule has 0 fully saturated rings. The number of furan rings is 1. The fourth-order valence-electron chi connectivity index (χ4n) is 1.83. The molecule has 0 atom stereocenters.